The van der Waals surface area contributed by atoms with Crippen LogP contribution in [0.15, 0.2) is 15.2 Å². The lowest BCUT2D eigenvalue weighted by Crippen LogP contribution is -2.35. The van der Waals surface area contributed by atoms with Crippen molar-refractivity contribution in [2.24, 2.45) is 4.36 Å². The molecule has 1 unspecified atom stereocenters. The van der Waals surface area contributed by atoms with Gasteiger partial charge in [-0.2, -0.15) is 0 Å². The molecule has 1 atom stereocenters. The molecule has 32 heavy (non-hydrogen) atoms. The van der Waals surface area contributed by atoms with Crippen LogP contribution in [0.1, 0.15) is 48.4 Å². The number of hydrogen-bond acceptors (Lipinski definition) is 6. The molecule has 0 bridgehead atoms. The highest BCUT2D eigenvalue weighted by molar-refractivity contribution is 7.97. The Morgan fingerprint density at radius 3 is 2.28 bits per heavy atom. The summed E-state index contributed by atoms with van der Waals surface area (Å²) in [6.07, 6.45) is 5.59. The molecule has 9 nitrogen and oxygen atoms in total. The Labute approximate surface area is 186 Å². The Balaban J connectivity index is 1.75. The highest BCUT2D eigenvalue weighted by Crippen LogP contribution is 2.41. The van der Waals surface area contributed by atoms with Crippen molar-refractivity contribution in [2.45, 2.75) is 51.9 Å². The van der Waals surface area contributed by atoms with Crippen LogP contribution in [0, 0.1) is 11.2 Å². The minimum Gasteiger partial charge on any atom is -0.478 e. The monoisotopic (exact) mass is 463 g/mol. The average Bonchev–Trinajstić information content (AvgIpc) is 3.42. The summed E-state index contributed by atoms with van der Waals surface area (Å²) in [5, 5.41) is 13.3. The lowest BCUT2D eigenvalue weighted by Gasteiger charge is -2.22. The minimum atomic E-state index is -3.85. The van der Waals surface area contributed by atoms with Gasteiger partial charge < -0.3 is 20.8 Å². The number of carbonyl (C=O) groups excluding carboxylic acids is 2. The van der Waals surface area contributed by atoms with Crippen molar-refractivity contribution in [1.29, 1.82) is 5.41 Å². The fourth-order valence-corrected chi connectivity index (χ4v) is 6.00. The summed E-state index contributed by atoms with van der Waals surface area (Å²) < 4.78 is 39.9. The second-order valence-electron chi connectivity index (χ2n) is 7.98. The largest absolute Gasteiger partial charge is 0.478 e. The first-order chi connectivity index (χ1) is 15.3. The van der Waals surface area contributed by atoms with Crippen molar-refractivity contribution in [1.82, 2.24) is 10.0 Å². The number of carbonyl (C=O) groups is 2. The van der Waals surface area contributed by atoms with Crippen molar-refractivity contribution in [3.8, 4) is 0 Å². The van der Waals surface area contributed by atoms with Crippen LogP contribution >= 0.6 is 0 Å². The van der Waals surface area contributed by atoms with Gasteiger partial charge in [-0.15, -0.1) is 4.36 Å². The molecule has 0 aromatic heterocycles. The molecule has 1 aliphatic heterocycles. The number of halogens is 1. The van der Waals surface area contributed by atoms with E-state index < -0.39 is 21.9 Å². The number of ether oxygens (including phenoxy) is 1. The van der Waals surface area contributed by atoms with Crippen LogP contribution in [0.3, 0.4) is 0 Å². The Morgan fingerprint density at radius 1 is 1.12 bits per heavy atom. The molecular formula is C21H26FN5O4S. The molecule has 3 aliphatic rings. The van der Waals surface area contributed by atoms with E-state index in [1.807, 2.05) is 0 Å². The van der Waals surface area contributed by atoms with Gasteiger partial charge in [0, 0.05) is 25.4 Å². The fraction of sp³-hybridized carbons (Fsp3) is 0.476. The smallest absolute Gasteiger partial charge is 0.355 e. The summed E-state index contributed by atoms with van der Waals surface area (Å²) in [4.78, 5) is 24.5. The van der Waals surface area contributed by atoms with Gasteiger partial charge in [0.1, 0.15) is 10.7 Å². The average molecular weight is 464 g/mol. The summed E-state index contributed by atoms with van der Waals surface area (Å²) >= 11 is 0. The maximum Gasteiger partial charge on any atom is 0.355 e. The Hall–Kier alpha value is -2.95. The van der Waals surface area contributed by atoms with Crippen LogP contribution in [0.2, 0.25) is 0 Å². The van der Waals surface area contributed by atoms with E-state index in [2.05, 4.69) is 19.7 Å². The SMILES string of the molecule is CC(=O)NS(=O)(=NC(=O)Nc1c2c(c(F)c3c1CCC3)CCC2)/C(C=N)=C1/NCCCO1. The number of benzene rings is 1. The first-order valence-electron chi connectivity index (χ1n) is 10.7. The second-order valence-corrected chi connectivity index (χ2v) is 9.86. The van der Waals surface area contributed by atoms with E-state index in [9.17, 15) is 18.2 Å². The maximum absolute atomic E-state index is 14.9. The van der Waals surface area contributed by atoms with E-state index in [1.165, 1.54) is 0 Å². The van der Waals surface area contributed by atoms with E-state index >= 15 is 0 Å². The molecule has 0 spiro atoms. The zero-order chi connectivity index (χ0) is 22.9. The molecule has 1 aromatic carbocycles. The van der Waals surface area contributed by atoms with Crippen molar-refractivity contribution in [3.05, 3.63) is 38.9 Å². The van der Waals surface area contributed by atoms with Gasteiger partial charge in [0.05, 0.1) is 6.61 Å². The van der Waals surface area contributed by atoms with Crippen LogP contribution in [0.4, 0.5) is 14.9 Å². The molecule has 4 rings (SSSR count). The fourth-order valence-electron chi connectivity index (χ4n) is 4.54. The third kappa shape index (κ3) is 4.08. The quantitative estimate of drug-likeness (QED) is 0.510. The molecule has 1 aromatic rings. The van der Waals surface area contributed by atoms with E-state index in [4.69, 9.17) is 10.1 Å². The van der Waals surface area contributed by atoms with Crippen LogP contribution in [0.25, 0.3) is 0 Å². The topological polar surface area (TPSA) is 133 Å². The maximum atomic E-state index is 14.9. The zero-order valence-corrected chi connectivity index (χ0v) is 18.6. The van der Waals surface area contributed by atoms with Crippen molar-refractivity contribution in [3.63, 3.8) is 0 Å². The molecule has 172 valence electrons. The molecular weight excluding hydrogens is 437 g/mol. The molecule has 11 heteroatoms. The number of urea groups is 1. The molecule has 0 saturated carbocycles. The highest BCUT2D eigenvalue weighted by atomic mass is 32.2. The number of hydrogen-bond donors (Lipinski definition) is 4. The number of allylic oxidation sites excluding steroid dienone is 1. The van der Waals surface area contributed by atoms with Gasteiger partial charge in [0.2, 0.25) is 11.8 Å². The van der Waals surface area contributed by atoms with Crippen LogP contribution in [-0.2, 0) is 45.1 Å². The molecule has 4 N–H and O–H groups in total. The van der Waals surface area contributed by atoms with Crippen molar-refractivity contribution >= 4 is 33.8 Å². The number of anilines is 1. The van der Waals surface area contributed by atoms with Gasteiger partial charge in [-0.05, 0) is 67.2 Å². The third-order valence-corrected chi connectivity index (χ3v) is 7.69. The molecule has 2 aliphatic carbocycles. The van der Waals surface area contributed by atoms with Gasteiger partial charge >= 0.3 is 6.03 Å². The Kier molecular flexibility index (Phi) is 6.18. The van der Waals surface area contributed by atoms with Gasteiger partial charge in [-0.3, -0.25) is 9.52 Å². The second kappa shape index (κ2) is 8.89. The van der Waals surface area contributed by atoms with Gasteiger partial charge in [0.15, 0.2) is 9.92 Å². The standard InChI is InChI=1S/C21H26FN5O4S/c1-12(28)26-32(30,17(11-23)20-24-9-4-10-31-20)27-21(29)25-19-15-7-2-5-13(15)18(22)14-6-3-8-16(14)19/h11,23-24H,2-10H2,1H3,(H2,25,26,27,28,29,30)/b20-17-,23-11?. The van der Waals surface area contributed by atoms with E-state index in [-0.39, 0.29) is 16.6 Å². The summed E-state index contributed by atoms with van der Waals surface area (Å²) in [5.74, 6) is -0.797. The lowest BCUT2D eigenvalue weighted by molar-refractivity contribution is -0.117. The first kappa shape index (κ1) is 22.3. The Morgan fingerprint density at radius 2 is 1.75 bits per heavy atom. The Bertz CT molecular complexity index is 1110. The lowest BCUT2D eigenvalue weighted by atomic mass is 9.98. The van der Waals surface area contributed by atoms with Crippen LogP contribution in [-0.4, -0.2) is 35.5 Å². The normalized spacial score (nSPS) is 20.1. The predicted octanol–water partition coefficient (Wildman–Crippen LogP) is 2.68. The number of nitrogens with zero attached hydrogens (tertiary/aromatic N) is 1. The number of fused-ring (bicyclic) bond motifs is 2. The summed E-state index contributed by atoms with van der Waals surface area (Å²) in [6.45, 7) is 2.02. The highest BCUT2D eigenvalue weighted by Gasteiger charge is 2.30. The molecule has 1 heterocycles. The van der Waals surface area contributed by atoms with Crippen LogP contribution < -0.4 is 15.4 Å². The number of rotatable bonds is 4. The van der Waals surface area contributed by atoms with E-state index in [0.29, 0.717) is 62.1 Å². The zero-order valence-electron chi connectivity index (χ0n) is 17.8. The molecule has 3 amide bonds. The van der Waals surface area contributed by atoms with Gasteiger partial charge in [-0.25, -0.2) is 13.4 Å². The van der Waals surface area contributed by atoms with Gasteiger partial charge in [-0.1, -0.05) is 0 Å². The van der Waals surface area contributed by atoms with E-state index in [0.717, 1.165) is 37.1 Å². The number of amides is 3. The van der Waals surface area contributed by atoms with Crippen LogP contribution in [0.5, 0.6) is 0 Å². The predicted molar refractivity (Wildman–Crippen MR) is 118 cm³/mol. The molecule has 1 saturated heterocycles. The number of nitrogens with one attached hydrogen (secondary N) is 4. The van der Waals surface area contributed by atoms with Gasteiger partial charge in [0.25, 0.3) is 0 Å². The minimum absolute atomic E-state index is 0.0464. The molecule has 1 fully saturated rings. The summed E-state index contributed by atoms with van der Waals surface area (Å²) in [7, 11) is -3.85. The summed E-state index contributed by atoms with van der Waals surface area (Å²) in [5.41, 5.74) is 3.33. The van der Waals surface area contributed by atoms with Crippen molar-refractivity contribution < 1.29 is 22.9 Å². The third-order valence-electron chi connectivity index (χ3n) is 5.80. The molecule has 0 radical (unpaired) electrons. The van der Waals surface area contributed by atoms with Crippen molar-refractivity contribution in [2.75, 3.05) is 18.5 Å². The first-order valence-corrected chi connectivity index (χ1v) is 12.2. The summed E-state index contributed by atoms with van der Waals surface area (Å²) in [6, 6.07) is -0.936. The van der Waals surface area contributed by atoms with E-state index in [1.54, 1.807) is 0 Å².